The van der Waals surface area contributed by atoms with Crippen LogP contribution < -0.4 is 11.1 Å². The van der Waals surface area contributed by atoms with Gasteiger partial charge in [-0.25, -0.2) is 0 Å². The Balaban J connectivity index is 2.67. The molecular formula is C12H22N4OS. The van der Waals surface area contributed by atoms with Crippen molar-refractivity contribution >= 4 is 23.4 Å². The second-order valence-electron chi connectivity index (χ2n) is 4.25. The zero-order valence-electron chi connectivity index (χ0n) is 11.5. The Bertz CT molecular complexity index is 416. The Morgan fingerprint density at radius 2 is 2.28 bits per heavy atom. The van der Waals surface area contributed by atoms with Gasteiger partial charge < -0.3 is 11.1 Å². The summed E-state index contributed by atoms with van der Waals surface area (Å²) < 4.78 is 1.65. The third-order valence-corrected chi connectivity index (χ3v) is 3.97. The lowest BCUT2D eigenvalue weighted by Crippen LogP contribution is -2.29. The minimum absolute atomic E-state index is 0.136. The number of aromatic nitrogens is 2. The predicted octanol–water partition coefficient (Wildman–Crippen LogP) is 1.67. The first kappa shape index (κ1) is 14.9. The molecule has 1 aromatic heterocycles. The van der Waals surface area contributed by atoms with Gasteiger partial charge >= 0.3 is 0 Å². The number of rotatable bonds is 6. The molecule has 6 heteroatoms. The normalized spacial score (nSPS) is 12.4. The van der Waals surface area contributed by atoms with Crippen molar-refractivity contribution in [1.82, 2.24) is 15.1 Å². The summed E-state index contributed by atoms with van der Waals surface area (Å²) >= 11 is 1.79. The molecule has 0 saturated carbocycles. The summed E-state index contributed by atoms with van der Waals surface area (Å²) in [5.41, 5.74) is 7.55. The van der Waals surface area contributed by atoms with Crippen molar-refractivity contribution in [2.75, 3.05) is 18.5 Å². The number of aryl methyl sites for hydroxylation is 2. The van der Waals surface area contributed by atoms with E-state index in [2.05, 4.69) is 23.6 Å². The van der Waals surface area contributed by atoms with Crippen LogP contribution in [0.5, 0.6) is 0 Å². The van der Waals surface area contributed by atoms with Crippen LogP contribution >= 0.6 is 11.8 Å². The van der Waals surface area contributed by atoms with Crippen LogP contribution in [0.15, 0.2) is 0 Å². The van der Waals surface area contributed by atoms with E-state index in [4.69, 9.17) is 5.73 Å². The van der Waals surface area contributed by atoms with Crippen LogP contribution in [-0.2, 0) is 6.54 Å². The summed E-state index contributed by atoms with van der Waals surface area (Å²) in [6.07, 6.45) is 3.02. The lowest BCUT2D eigenvalue weighted by atomic mass is 10.2. The minimum Gasteiger partial charge on any atom is -0.395 e. The molecule has 0 radical (unpaired) electrons. The van der Waals surface area contributed by atoms with Crippen molar-refractivity contribution in [3.63, 3.8) is 0 Å². The molecule has 1 atom stereocenters. The monoisotopic (exact) mass is 270 g/mol. The van der Waals surface area contributed by atoms with Gasteiger partial charge in [0.25, 0.3) is 5.91 Å². The summed E-state index contributed by atoms with van der Waals surface area (Å²) in [5.74, 6) is -0.136. The maximum absolute atomic E-state index is 12.1. The number of nitrogens with two attached hydrogens (primary N) is 1. The Hall–Kier alpha value is -1.17. The van der Waals surface area contributed by atoms with E-state index in [9.17, 15) is 4.79 Å². The third kappa shape index (κ3) is 3.41. The standard InChI is InChI=1S/C12H22N4OS/c1-5-16-11(10(13)9(3)15-16)12(17)14-7-6-8(2)18-4/h8H,5-7,13H2,1-4H3,(H,14,17). The van der Waals surface area contributed by atoms with Crippen LogP contribution in [-0.4, -0.2) is 33.7 Å². The van der Waals surface area contributed by atoms with Crippen LogP contribution in [0.25, 0.3) is 0 Å². The van der Waals surface area contributed by atoms with E-state index in [0.717, 1.165) is 6.42 Å². The Morgan fingerprint density at radius 3 is 2.83 bits per heavy atom. The number of nitrogens with one attached hydrogen (secondary N) is 1. The molecule has 1 rings (SSSR count). The fourth-order valence-corrected chi connectivity index (χ4v) is 2.01. The van der Waals surface area contributed by atoms with E-state index in [-0.39, 0.29) is 5.91 Å². The number of carbonyl (C=O) groups excluding carboxylic acids is 1. The number of hydrogen-bond donors (Lipinski definition) is 2. The number of nitrogens with zero attached hydrogens (tertiary/aromatic N) is 2. The van der Waals surface area contributed by atoms with Crippen molar-refractivity contribution in [1.29, 1.82) is 0 Å². The fraction of sp³-hybridized carbons (Fsp3) is 0.667. The van der Waals surface area contributed by atoms with Crippen molar-refractivity contribution < 1.29 is 4.79 Å². The molecule has 0 spiro atoms. The van der Waals surface area contributed by atoms with E-state index in [1.807, 2.05) is 13.8 Å². The van der Waals surface area contributed by atoms with E-state index in [1.54, 1.807) is 16.4 Å². The van der Waals surface area contributed by atoms with Gasteiger partial charge in [-0.1, -0.05) is 6.92 Å². The molecule has 0 aliphatic carbocycles. The highest BCUT2D eigenvalue weighted by Crippen LogP contribution is 2.16. The molecule has 102 valence electrons. The highest BCUT2D eigenvalue weighted by molar-refractivity contribution is 7.99. The minimum atomic E-state index is -0.136. The molecule has 0 saturated heterocycles. The van der Waals surface area contributed by atoms with Crippen molar-refractivity contribution in [3.05, 3.63) is 11.4 Å². The first-order valence-corrected chi connectivity index (χ1v) is 7.43. The molecule has 3 N–H and O–H groups in total. The smallest absolute Gasteiger partial charge is 0.271 e. The van der Waals surface area contributed by atoms with E-state index in [1.165, 1.54) is 0 Å². The van der Waals surface area contributed by atoms with Gasteiger partial charge in [0.2, 0.25) is 0 Å². The molecule has 0 aromatic carbocycles. The quantitative estimate of drug-likeness (QED) is 0.824. The molecule has 0 aliphatic heterocycles. The average molecular weight is 270 g/mol. The topological polar surface area (TPSA) is 72.9 Å². The van der Waals surface area contributed by atoms with Gasteiger partial charge in [-0.15, -0.1) is 0 Å². The zero-order valence-corrected chi connectivity index (χ0v) is 12.3. The van der Waals surface area contributed by atoms with Crippen molar-refractivity contribution in [2.24, 2.45) is 0 Å². The maximum Gasteiger partial charge on any atom is 0.271 e. The molecular weight excluding hydrogens is 248 g/mol. The van der Waals surface area contributed by atoms with Gasteiger partial charge in [-0.2, -0.15) is 16.9 Å². The second kappa shape index (κ2) is 6.68. The van der Waals surface area contributed by atoms with Gasteiger partial charge in [0, 0.05) is 18.3 Å². The van der Waals surface area contributed by atoms with E-state index >= 15 is 0 Å². The van der Waals surface area contributed by atoms with Gasteiger partial charge in [-0.05, 0) is 26.5 Å². The summed E-state index contributed by atoms with van der Waals surface area (Å²) in [7, 11) is 0. The Labute approximate surface area is 112 Å². The molecule has 1 unspecified atom stereocenters. The first-order valence-electron chi connectivity index (χ1n) is 6.15. The summed E-state index contributed by atoms with van der Waals surface area (Å²) in [6.45, 7) is 7.20. The Kier molecular flexibility index (Phi) is 5.53. The number of hydrogen-bond acceptors (Lipinski definition) is 4. The van der Waals surface area contributed by atoms with Gasteiger partial charge in [-0.3, -0.25) is 9.48 Å². The van der Waals surface area contributed by atoms with E-state index < -0.39 is 0 Å². The van der Waals surface area contributed by atoms with Crippen molar-refractivity contribution in [3.8, 4) is 0 Å². The molecule has 18 heavy (non-hydrogen) atoms. The zero-order chi connectivity index (χ0) is 13.7. The third-order valence-electron chi connectivity index (χ3n) is 2.93. The SMILES string of the molecule is CCn1nc(C)c(N)c1C(=O)NCCC(C)SC. The van der Waals surface area contributed by atoms with Crippen LogP contribution in [0.3, 0.4) is 0 Å². The summed E-state index contributed by atoms with van der Waals surface area (Å²) in [6, 6.07) is 0. The van der Waals surface area contributed by atoms with Gasteiger partial charge in [0.1, 0.15) is 5.69 Å². The second-order valence-corrected chi connectivity index (χ2v) is 5.53. The Morgan fingerprint density at radius 1 is 1.61 bits per heavy atom. The maximum atomic E-state index is 12.1. The van der Waals surface area contributed by atoms with Crippen LogP contribution in [0, 0.1) is 6.92 Å². The lowest BCUT2D eigenvalue weighted by molar-refractivity contribution is 0.0943. The number of thioether (sulfide) groups is 1. The molecule has 5 nitrogen and oxygen atoms in total. The van der Waals surface area contributed by atoms with Gasteiger partial charge in [0.15, 0.2) is 0 Å². The molecule has 0 bridgehead atoms. The fourth-order valence-electron chi connectivity index (χ4n) is 1.65. The highest BCUT2D eigenvalue weighted by Gasteiger charge is 2.18. The molecule has 0 aliphatic rings. The molecule has 1 heterocycles. The van der Waals surface area contributed by atoms with Gasteiger partial charge in [0.05, 0.1) is 11.4 Å². The average Bonchev–Trinajstić information content (AvgIpc) is 2.64. The predicted molar refractivity (Wildman–Crippen MR) is 77.0 cm³/mol. The molecule has 0 fully saturated rings. The number of amides is 1. The number of nitrogen functional groups attached to an aromatic ring is 1. The van der Waals surface area contributed by atoms with Crippen molar-refractivity contribution in [2.45, 2.75) is 39.0 Å². The number of carbonyl (C=O) groups is 1. The van der Waals surface area contributed by atoms with Crippen LogP contribution in [0.2, 0.25) is 0 Å². The molecule has 1 aromatic rings. The summed E-state index contributed by atoms with van der Waals surface area (Å²) in [4.78, 5) is 12.1. The van der Waals surface area contributed by atoms with Crippen LogP contribution in [0.1, 0.15) is 36.5 Å². The highest BCUT2D eigenvalue weighted by atomic mass is 32.2. The first-order chi connectivity index (χ1) is 8.51. The van der Waals surface area contributed by atoms with Crippen LogP contribution in [0.4, 0.5) is 5.69 Å². The number of anilines is 1. The van der Waals surface area contributed by atoms with E-state index in [0.29, 0.717) is 35.4 Å². The summed E-state index contributed by atoms with van der Waals surface area (Å²) in [5, 5.41) is 7.68. The lowest BCUT2D eigenvalue weighted by Gasteiger charge is -2.10. The molecule has 1 amide bonds. The largest absolute Gasteiger partial charge is 0.395 e.